The molecule has 0 saturated heterocycles. The molecule has 0 aromatic carbocycles. The Labute approximate surface area is 272 Å². The van der Waals surface area contributed by atoms with E-state index in [4.69, 9.17) is 19.3 Å². The van der Waals surface area contributed by atoms with Gasteiger partial charge in [0.15, 0.2) is 11.2 Å². The molecule has 11 heteroatoms. The summed E-state index contributed by atoms with van der Waals surface area (Å²) in [5, 5.41) is 0.199. The number of ether oxygens (including phenoxy) is 2. The third-order valence-electron chi connectivity index (χ3n) is 7.47. The minimum absolute atomic E-state index is 0.199. The second-order valence-electron chi connectivity index (χ2n) is 11.8. The van der Waals surface area contributed by atoms with E-state index in [1.54, 1.807) is 6.92 Å². The maximum absolute atomic E-state index is 12.3. The lowest BCUT2D eigenvalue weighted by atomic mass is 10.1. The molecule has 1 atom stereocenters. The van der Waals surface area contributed by atoms with Gasteiger partial charge in [-0.3, -0.25) is 18.9 Å². The second kappa shape index (κ2) is 30.7. The third-order valence-corrected chi connectivity index (χ3v) is 8.86. The molecule has 44 heavy (non-hydrogen) atoms. The molecule has 0 spiro atoms. The molecule has 9 nitrogen and oxygen atoms in total. The molecule has 0 aliphatic rings. The summed E-state index contributed by atoms with van der Waals surface area (Å²) in [6.07, 6.45) is 24.5. The lowest BCUT2D eigenvalue weighted by molar-refractivity contribution is -0.161. The Bertz CT molecular complexity index is 760. The number of esters is 2. The predicted octanol–water partition coefficient (Wildman–Crippen LogP) is 9.21. The first-order chi connectivity index (χ1) is 21.1. The van der Waals surface area contributed by atoms with Crippen molar-refractivity contribution in [3.63, 3.8) is 0 Å². The van der Waals surface area contributed by atoms with Gasteiger partial charge in [0.25, 0.3) is 0 Å². The van der Waals surface area contributed by atoms with E-state index in [9.17, 15) is 18.9 Å². The van der Waals surface area contributed by atoms with Crippen molar-refractivity contribution in [2.45, 2.75) is 174 Å². The fourth-order valence-electron chi connectivity index (χ4n) is 4.91. The lowest BCUT2D eigenvalue weighted by Gasteiger charge is -2.18. The van der Waals surface area contributed by atoms with Gasteiger partial charge in [-0.1, -0.05) is 141 Å². The van der Waals surface area contributed by atoms with Crippen molar-refractivity contribution in [3.8, 4) is 0 Å². The topological polar surface area (TPSA) is 136 Å². The van der Waals surface area contributed by atoms with Gasteiger partial charge in [0.2, 0.25) is 0 Å². The maximum atomic E-state index is 12.3. The number of unbranched alkanes of at least 4 members (excludes halogenated alkanes) is 20. The van der Waals surface area contributed by atoms with Crippen LogP contribution in [0.1, 0.15) is 168 Å². The Hall–Kier alpha value is -0.930. The molecule has 0 aromatic heterocycles. The molecule has 0 heterocycles. The molecule has 0 aliphatic heterocycles. The van der Waals surface area contributed by atoms with Gasteiger partial charge in [-0.05, 0) is 19.3 Å². The van der Waals surface area contributed by atoms with E-state index in [-0.39, 0.29) is 24.6 Å². The molecular weight excluding hydrogens is 603 g/mol. The van der Waals surface area contributed by atoms with Crippen molar-refractivity contribution < 1.29 is 42.7 Å². The van der Waals surface area contributed by atoms with Crippen LogP contribution in [0.5, 0.6) is 0 Å². The minimum atomic E-state index is -4.75. The SMILES string of the molecule is CCCCCCCCCCCCCC(=O)O[C@H](COC(=O)CCCCCCCCCCCCCSC(C)=O)COP(=O)(O)O. The quantitative estimate of drug-likeness (QED) is 0.0406. The number of carbonyl (C=O) groups excluding carboxylic acids is 3. The molecule has 0 amide bonds. The first-order valence-electron chi connectivity index (χ1n) is 17.3. The van der Waals surface area contributed by atoms with Crippen molar-refractivity contribution in [2.24, 2.45) is 0 Å². The zero-order chi connectivity index (χ0) is 32.7. The highest BCUT2D eigenvalue weighted by molar-refractivity contribution is 8.13. The number of hydrogen-bond donors (Lipinski definition) is 2. The van der Waals surface area contributed by atoms with Gasteiger partial charge in [0.05, 0.1) is 6.61 Å². The summed E-state index contributed by atoms with van der Waals surface area (Å²) in [6.45, 7) is 3.00. The Morgan fingerprint density at radius 2 is 1.02 bits per heavy atom. The summed E-state index contributed by atoms with van der Waals surface area (Å²) < 4.78 is 26.2. The van der Waals surface area contributed by atoms with E-state index >= 15 is 0 Å². The molecule has 0 rings (SSSR count). The maximum Gasteiger partial charge on any atom is 0.469 e. The minimum Gasteiger partial charge on any atom is -0.462 e. The van der Waals surface area contributed by atoms with Gasteiger partial charge in [-0.2, -0.15) is 0 Å². The third kappa shape index (κ3) is 34.0. The molecule has 0 bridgehead atoms. The molecule has 0 unspecified atom stereocenters. The van der Waals surface area contributed by atoms with E-state index in [1.807, 2.05) is 0 Å². The summed E-state index contributed by atoms with van der Waals surface area (Å²) in [5.41, 5.74) is 0. The molecular formula is C33H63O9PS. The molecule has 0 fully saturated rings. The highest BCUT2D eigenvalue weighted by Gasteiger charge is 2.22. The Morgan fingerprint density at radius 1 is 0.614 bits per heavy atom. The average Bonchev–Trinajstić information content (AvgIpc) is 2.96. The van der Waals surface area contributed by atoms with E-state index in [0.717, 1.165) is 50.7 Å². The van der Waals surface area contributed by atoms with Crippen molar-refractivity contribution in [1.29, 1.82) is 0 Å². The van der Waals surface area contributed by atoms with Crippen molar-refractivity contribution >= 4 is 36.6 Å². The normalized spacial score (nSPS) is 12.3. The summed E-state index contributed by atoms with van der Waals surface area (Å²) in [5.74, 6) is 0.0240. The predicted molar refractivity (Wildman–Crippen MR) is 178 cm³/mol. The van der Waals surface area contributed by atoms with E-state index in [1.165, 1.54) is 95.2 Å². The summed E-state index contributed by atoms with van der Waals surface area (Å²) in [7, 11) is -4.75. The fourth-order valence-corrected chi connectivity index (χ4v) is 5.91. The Morgan fingerprint density at radius 3 is 1.45 bits per heavy atom. The molecule has 260 valence electrons. The highest BCUT2D eigenvalue weighted by atomic mass is 32.2. The molecule has 0 aliphatic carbocycles. The average molecular weight is 667 g/mol. The van der Waals surface area contributed by atoms with Crippen LogP contribution in [0.3, 0.4) is 0 Å². The largest absolute Gasteiger partial charge is 0.469 e. The van der Waals surface area contributed by atoms with Crippen LogP contribution in [0.25, 0.3) is 0 Å². The summed E-state index contributed by atoms with van der Waals surface area (Å²) >= 11 is 1.41. The van der Waals surface area contributed by atoms with Crippen LogP contribution in [0.2, 0.25) is 0 Å². The van der Waals surface area contributed by atoms with E-state index in [2.05, 4.69) is 11.4 Å². The van der Waals surface area contributed by atoms with Crippen LogP contribution in [0.15, 0.2) is 0 Å². The van der Waals surface area contributed by atoms with Crippen LogP contribution >= 0.6 is 19.6 Å². The first kappa shape index (κ1) is 43.1. The zero-order valence-electron chi connectivity index (χ0n) is 27.8. The van der Waals surface area contributed by atoms with Gasteiger partial charge in [-0.25, -0.2) is 4.57 Å². The monoisotopic (exact) mass is 666 g/mol. The zero-order valence-corrected chi connectivity index (χ0v) is 29.5. The van der Waals surface area contributed by atoms with E-state index in [0.29, 0.717) is 12.8 Å². The number of hydrogen-bond acceptors (Lipinski definition) is 8. The standard InChI is InChI=1S/C33H63O9PS/c1-3-4-5-6-7-8-10-14-17-20-23-26-33(36)42-31(29-41-43(37,38)39)28-40-32(35)25-22-19-16-13-11-9-12-15-18-21-24-27-44-30(2)34/h31H,3-29H2,1-2H3,(H2,37,38,39)/t31-/m1/s1. The van der Waals surface area contributed by atoms with Crippen molar-refractivity contribution in [2.75, 3.05) is 19.0 Å². The van der Waals surface area contributed by atoms with Gasteiger partial charge in [-0.15, -0.1) is 0 Å². The molecule has 0 radical (unpaired) electrons. The number of carbonyl (C=O) groups is 3. The van der Waals surface area contributed by atoms with Gasteiger partial charge >= 0.3 is 19.8 Å². The number of phosphoric acid groups is 1. The summed E-state index contributed by atoms with van der Waals surface area (Å²) in [4.78, 5) is 53.4. The van der Waals surface area contributed by atoms with Crippen LogP contribution in [0.4, 0.5) is 0 Å². The molecule has 0 saturated carbocycles. The van der Waals surface area contributed by atoms with Crippen LogP contribution in [-0.2, 0) is 32.9 Å². The second-order valence-corrected chi connectivity index (χ2v) is 14.4. The van der Waals surface area contributed by atoms with Crippen molar-refractivity contribution in [3.05, 3.63) is 0 Å². The Balaban J connectivity index is 3.93. The Kier molecular flexibility index (Phi) is 30.1. The number of thioether (sulfide) groups is 1. The van der Waals surface area contributed by atoms with Gasteiger partial charge in [0, 0.05) is 25.5 Å². The molecule has 2 N–H and O–H groups in total. The van der Waals surface area contributed by atoms with Crippen LogP contribution in [0, 0.1) is 0 Å². The first-order valence-corrected chi connectivity index (χ1v) is 19.8. The van der Waals surface area contributed by atoms with Crippen LogP contribution in [-0.4, -0.2) is 51.9 Å². The molecule has 0 aromatic rings. The highest BCUT2D eigenvalue weighted by Crippen LogP contribution is 2.36. The number of rotatable bonds is 32. The van der Waals surface area contributed by atoms with Crippen LogP contribution < -0.4 is 0 Å². The fraction of sp³-hybridized carbons (Fsp3) is 0.909. The van der Waals surface area contributed by atoms with Gasteiger partial charge < -0.3 is 19.3 Å². The number of phosphoric ester groups is 1. The van der Waals surface area contributed by atoms with Crippen molar-refractivity contribution in [1.82, 2.24) is 0 Å². The lowest BCUT2D eigenvalue weighted by Crippen LogP contribution is -2.29. The van der Waals surface area contributed by atoms with Gasteiger partial charge in [0.1, 0.15) is 6.61 Å². The smallest absolute Gasteiger partial charge is 0.462 e. The summed E-state index contributed by atoms with van der Waals surface area (Å²) in [6, 6.07) is 0. The van der Waals surface area contributed by atoms with E-state index < -0.39 is 32.5 Å².